The molecular formula is C9H9N5O. The number of carbonyl (C=O) groups excluding carboxylic acids is 1. The van der Waals surface area contributed by atoms with Gasteiger partial charge in [-0.05, 0) is 13.0 Å². The van der Waals surface area contributed by atoms with Gasteiger partial charge < -0.3 is 5.73 Å². The molecule has 0 spiro atoms. The number of aryl methyl sites for hydroxylation is 1. The Morgan fingerprint density at radius 2 is 2.33 bits per heavy atom. The first-order valence-electron chi connectivity index (χ1n) is 4.31. The van der Waals surface area contributed by atoms with E-state index in [0.717, 1.165) is 0 Å². The first kappa shape index (κ1) is 9.32. The van der Waals surface area contributed by atoms with E-state index in [1.165, 1.54) is 6.20 Å². The third-order valence-electron chi connectivity index (χ3n) is 1.94. The molecule has 2 aromatic rings. The molecule has 6 nitrogen and oxygen atoms in total. The van der Waals surface area contributed by atoms with E-state index < -0.39 is 5.91 Å². The van der Waals surface area contributed by atoms with Crippen LogP contribution in [0.3, 0.4) is 0 Å². The summed E-state index contributed by atoms with van der Waals surface area (Å²) in [6.45, 7) is 1.77. The Hall–Kier alpha value is -2.24. The molecule has 76 valence electrons. The van der Waals surface area contributed by atoms with Crippen molar-refractivity contribution in [3.8, 4) is 11.3 Å². The van der Waals surface area contributed by atoms with Crippen molar-refractivity contribution in [1.29, 1.82) is 0 Å². The molecule has 0 unspecified atom stereocenters. The zero-order valence-electron chi connectivity index (χ0n) is 8.06. The number of aromatic amines is 1. The number of primary amides is 1. The van der Waals surface area contributed by atoms with Gasteiger partial charge in [0, 0.05) is 6.20 Å². The molecule has 0 aliphatic heterocycles. The molecule has 0 atom stereocenters. The SMILES string of the molecule is Cc1nccc(-c2cn[nH]c2C(N)=O)n1. The van der Waals surface area contributed by atoms with Crippen LogP contribution in [0.15, 0.2) is 18.5 Å². The van der Waals surface area contributed by atoms with Crippen molar-refractivity contribution < 1.29 is 4.79 Å². The van der Waals surface area contributed by atoms with Crippen molar-refractivity contribution in [2.45, 2.75) is 6.92 Å². The summed E-state index contributed by atoms with van der Waals surface area (Å²) in [6.07, 6.45) is 3.14. The van der Waals surface area contributed by atoms with Crippen molar-refractivity contribution in [3.05, 3.63) is 30.0 Å². The molecule has 0 aliphatic carbocycles. The minimum absolute atomic E-state index is 0.258. The van der Waals surface area contributed by atoms with Crippen molar-refractivity contribution >= 4 is 5.91 Å². The van der Waals surface area contributed by atoms with Crippen LogP contribution >= 0.6 is 0 Å². The standard InChI is InChI=1S/C9H9N5O/c1-5-11-3-2-7(13-5)6-4-12-14-8(6)9(10)15/h2-4H,1H3,(H2,10,15)(H,12,14). The van der Waals surface area contributed by atoms with Gasteiger partial charge in [-0.1, -0.05) is 0 Å². The Balaban J connectivity index is 2.54. The maximum Gasteiger partial charge on any atom is 0.267 e. The van der Waals surface area contributed by atoms with Crippen molar-refractivity contribution in [1.82, 2.24) is 20.2 Å². The van der Waals surface area contributed by atoms with E-state index in [4.69, 9.17) is 5.73 Å². The molecule has 0 aliphatic rings. The normalized spacial score (nSPS) is 10.2. The largest absolute Gasteiger partial charge is 0.364 e. The predicted molar refractivity (Wildman–Crippen MR) is 52.9 cm³/mol. The number of nitrogens with two attached hydrogens (primary N) is 1. The molecule has 0 saturated carbocycles. The van der Waals surface area contributed by atoms with Crippen LogP contribution in [-0.2, 0) is 0 Å². The number of nitrogens with zero attached hydrogens (tertiary/aromatic N) is 3. The highest BCUT2D eigenvalue weighted by atomic mass is 16.1. The third kappa shape index (κ3) is 1.69. The second kappa shape index (κ2) is 3.49. The number of amides is 1. The molecule has 15 heavy (non-hydrogen) atoms. The van der Waals surface area contributed by atoms with Gasteiger partial charge in [-0.25, -0.2) is 9.97 Å². The van der Waals surface area contributed by atoms with Crippen molar-refractivity contribution in [3.63, 3.8) is 0 Å². The predicted octanol–water partition coefficient (Wildman–Crippen LogP) is 0.274. The van der Waals surface area contributed by atoms with Gasteiger partial charge in [0.1, 0.15) is 11.5 Å². The quantitative estimate of drug-likeness (QED) is 0.732. The second-order valence-corrected chi connectivity index (χ2v) is 3.01. The van der Waals surface area contributed by atoms with E-state index in [0.29, 0.717) is 17.1 Å². The average Bonchev–Trinajstić information content (AvgIpc) is 2.65. The zero-order valence-corrected chi connectivity index (χ0v) is 8.06. The number of rotatable bonds is 2. The molecule has 0 radical (unpaired) electrons. The van der Waals surface area contributed by atoms with E-state index in [2.05, 4.69) is 20.2 Å². The van der Waals surface area contributed by atoms with E-state index in [1.54, 1.807) is 19.2 Å². The van der Waals surface area contributed by atoms with Crippen LogP contribution < -0.4 is 5.73 Å². The number of hydrogen-bond donors (Lipinski definition) is 2. The number of aromatic nitrogens is 4. The summed E-state index contributed by atoms with van der Waals surface area (Å²) < 4.78 is 0. The van der Waals surface area contributed by atoms with E-state index in [9.17, 15) is 4.79 Å². The summed E-state index contributed by atoms with van der Waals surface area (Å²) in [6, 6.07) is 1.70. The van der Waals surface area contributed by atoms with Gasteiger partial charge in [0.2, 0.25) is 0 Å². The highest BCUT2D eigenvalue weighted by Crippen LogP contribution is 2.18. The van der Waals surface area contributed by atoms with Crippen LogP contribution in [0.2, 0.25) is 0 Å². The number of H-pyrrole nitrogens is 1. The molecule has 2 heterocycles. The van der Waals surface area contributed by atoms with E-state index in [1.807, 2.05) is 0 Å². The molecule has 2 aromatic heterocycles. The topological polar surface area (TPSA) is 97.5 Å². The summed E-state index contributed by atoms with van der Waals surface area (Å²) in [5.41, 5.74) is 6.66. The van der Waals surface area contributed by atoms with E-state index in [-0.39, 0.29) is 5.69 Å². The van der Waals surface area contributed by atoms with Crippen LogP contribution in [0.1, 0.15) is 16.3 Å². The lowest BCUT2D eigenvalue weighted by Crippen LogP contribution is -2.12. The van der Waals surface area contributed by atoms with Crippen LogP contribution in [-0.4, -0.2) is 26.1 Å². The first-order chi connectivity index (χ1) is 7.18. The smallest absolute Gasteiger partial charge is 0.267 e. The van der Waals surface area contributed by atoms with Gasteiger partial charge >= 0.3 is 0 Å². The monoisotopic (exact) mass is 203 g/mol. The maximum atomic E-state index is 11.0. The summed E-state index contributed by atoms with van der Waals surface area (Å²) in [5, 5.41) is 6.30. The van der Waals surface area contributed by atoms with Crippen LogP contribution in [0.25, 0.3) is 11.3 Å². The fourth-order valence-corrected chi connectivity index (χ4v) is 1.27. The fourth-order valence-electron chi connectivity index (χ4n) is 1.27. The average molecular weight is 203 g/mol. The first-order valence-corrected chi connectivity index (χ1v) is 4.31. The lowest BCUT2D eigenvalue weighted by molar-refractivity contribution is 0.0996. The van der Waals surface area contributed by atoms with Crippen molar-refractivity contribution in [2.75, 3.05) is 0 Å². The minimum atomic E-state index is -0.557. The Morgan fingerprint density at radius 3 is 3.00 bits per heavy atom. The van der Waals surface area contributed by atoms with Crippen LogP contribution in [0.4, 0.5) is 0 Å². The van der Waals surface area contributed by atoms with Gasteiger partial charge in [0.25, 0.3) is 5.91 Å². The highest BCUT2D eigenvalue weighted by Gasteiger charge is 2.13. The Morgan fingerprint density at radius 1 is 1.53 bits per heavy atom. The molecule has 0 fully saturated rings. The third-order valence-corrected chi connectivity index (χ3v) is 1.94. The number of carbonyl (C=O) groups is 1. The molecule has 1 amide bonds. The molecular weight excluding hydrogens is 194 g/mol. The van der Waals surface area contributed by atoms with Crippen LogP contribution in [0.5, 0.6) is 0 Å². The Labute approximate surface area is 85.6 Å². The number of hydrogen-bond acceptors (Lipinski definition) is 4. The Bertz CT molecular complexity index is 505. The summed E-state index contributed by atoms with van der Waals surface area (Å²) >= 11 is 0. The molecule has 6 heteroatoms. The summed E-state index contributed by atoms with van der Waals surface area (Å²) in [7, 11) is 0. The molecule has 0 aromatic carbocycles. The van der Waals surface area contributed by atoms with Crippen LogP contribution in [0, 0.1) is 6.92 Å². The van der Waals surface area contributed by atoms with Crippen molar-refractivity contribution in [2.24, 2.45) is 5.73 Å². The Kier molecular flexibility index (Phi) is 2.17. The van der Waals surface area contributed by atoms with E-state index >= 15 is 0 Å². The van der Waals surface area contributed by atoms with Gasteiger partial charge in [-0.3, -0.25) is 9.89 Å². The van der Waals surface area contributed by atoms with Gasteiger partial charge in [0.15, 0.2) is 0 Å². The highest BCUT2D eigenvalue weighted by molar-refractivity contribution is 5.97. The summed E-state index contributed by atoms with van der Waals surface area (Å²) in [4.78, 5) is 19.2. The molecule has 0 saturated heterocycles. The molecule has 3 N–H and O–H groups in total. The van der Waals surface area contributed by atoms with Gasteiger partial charge in [-0.15, -0.1) is 0 Å². The minimum Gasteiger partial charge on any atom is -0.364 e. The summed E-state index contributed by atoms with van der Waals surface area (Å²) in [5.74, 6) is 0.0721. The zero-order chi connectivity index (χ0) is 10.8. The fraction of sp³-hybridized carbons (Fsp3) is 0.111. The van der Waals surface area contributed by atoms with Gasteiger partial charge in [0.05, 0.1) is 17.5 Å². The molecule has 0 bridgehead atoms. The molecule has 2 rings (SSSR count). The number of nitrogens with one attached hydrogen (secondary N) is 1. The maximum absolute atomic E-state index is 11.0. The lowest BCUT2D eigenvalue weighted by Gasteiger charge is -1.99. The van der Waals surface area contributed by atoms with Gasteiger partial charge in [-0.2, -0.15) is 5.10 Å². The lowest BCUT2D eigenvalue weighted by atomic mass is 10.1. The second-order valence-electron chi connectivity index (χ2n) is 3.01.